The number of ether oxygens (including phenoxy) is 2. The molecule has 9 nitrogen and oxygen atoms in total. The Balaban J connectivity index is 2.21. The van der Waals surface area contributed by atoms with Crippen molar-refractivity contribution in [2.75, 3.05) is 13.7 Å². The van der Waals surface area contributed by atoms with Gasteiger partial charge < -0.3 is 30.3 Å². The van der Waals surface area contributed by atoms with Crippen molar-refractivity contribution in [3.05, 3.63) is 28.3 Å². The average Bonchev–Trinajstić information content (AvgIpc) is 3.15. The van der Waals surface area contributed by atoms with E-state index >= 15 is 0 Å². The number of benzene rings is 1. The van der Waals surface area contributed by atoms with Crippen LogP contribution >= 0.6 is 11.6 Å². The molecule has 0 radical (unpaired) electrons. The highest BCUT2D eigenvalue weighted by atomic mass is 35.5. The number of aliphatic hydroxyl groups excluding tert-OH is 2. The standard InChI is InChI=1S/C26H38ClN3O6/c1-9-15-10-18(27)17(20(11-15)35-8)13-28-22(32)19-12-16(31)14-30(19)23(33)21(25(2,3)4)29-24(34)36-26(5,6)7/h1,10-11,16,19,21,23,31,33H,12-14H2,2-8H3,(H,28,32)(H,29,34)/t16-,19+,21-,23?/m1/s1. The van der Waals surface area contributed by atoms with Gasteiger partial charge in [-0.25, -0.2) is 4.79 Å². The number of halogens is 1. The van der Waals surface area contributed by atoms with Crippen molar-refractivity contribution >= 4 is 23.6 Å². The van der Waals surface area contributed by atoms with Gasteiger partial charge in [-0.05, 0) is 44.7 Å². The van der Waals surface area contributed by atoms with Crippen LogP contribution in [0.25, 0.3) is 0 Å². The van der Waals surface area contributed by atoms with Gasteiger partial charge in [0, 0.05) is 24.2 Å². The molecule has 1 aliphatic heterocycles. The maximum absolute atomic E-state index is 13.2. The highest BCUT2D eigenvalue weighted by molar-refractivity contribution is 6.31. The number of β-amino-alcohol motifs (C(OH)–C–C–N with tert-alkyl or cyclic N) is 1. The van der Waals surface area contributed by atoms with E-state index in [9.17, 15) is 19.8 Å². The monoisotopic (exact) mass is 523 g/mol. The predicted molar refractivity (Wildman–Crippen MR) is 138 cm³/mol. The summed E-state index contributed by atoms with van der Waals surface area (Å²) in [5.41, 5.74) is -0.211. The highest BCUT2D eigenvalue weighted by Gasteiger charge is 2.45. The number of alkyl carbamates (subject to hydrolysis) is 1. The van der Waals surface area contributed by atoms with E-state index < -0.39 is 47.4 Å². The summed E-state index contributed by atoms with van der Waals surface area (Å²) in [6.45, 7) is 10.9. The van der Waals surface area contributed by atoms with Gasteiger partial charge in [0.25, 0.3) is 0 Å². The Morgan fingerprint density at radius 1 is 1.28 bits per heavy atom. The molecule has 0 spiro atoms. The van der Waals surface area contributed by atoms with E-state index in [1.807, 2.05) is 20.8 Å². The molecule has 2 rings (SSSR count). The Kier molecular flexibility index (Phi) is 9.65. The number of rotatable bonds is 7. The Labute approximate surface area is 218 Å². The third-order valence-corrected chi connectivity index (χ3v) is 6.18. The molecule has 1 saturated heterocycles. The van der Waals surface area contributed by atoms with Gasteiger partial charge in [0.2, 0.25) is 5.91 Å². The van der Waals surface area contributed by atoms with Gasteiger partial charge in [-0.2, -0.15) is 0 Å². The van der Waals surface area contributed by atoms with Gasteiger partial charge in [-0.3, -0.25) is 9.69 Å². The molecule has 0 aromatic heterocycles. The van der Waals surface area contributed by atoms with Crippen LogP contribution in [0.15, 0.2) is 12.1 Å². The lowest BCUT2D eigenvalue weighted by Gasteiger charge is -2.40. The average molecular weight is 524 g/mol. The molecule has 1 heterocycles. The van der Waals surface area contributed by atoms with Gasteiger partial charge >= 0.3 is 6.09 Å². The minimum atomic E-state index is -1.27. The van der Waals surface area contributed by atoms with E-state index in [0.717, 1.165) is 0 Å². The Hall–Kier alpha value is -2.51. The lowest BCUT2D eigenvalue weighted by Crippen LogP contribution is -2.60. The minimum Gasteiger partial charge on any atom is -0.496 e. The molecular weight excluding hydrogens is 486 g/mol. The quantitative estimate of drug-likeness (QED) is 0.405. The summed E-state index contributed by atoms with van der Waals surface area (Å²) < 4.78 is 10.7. The molecule has 0 saturated carbocycles. The zero-order valence-electron chi connectivity index (χ0n) is 22.0. The van der Waals surface area contributed by atoms with Crippen LogP contribution in [0.1, 0.15) is 59.1 Å². The normalized spacial score (nSPS) is 20.2. The number of hydrogen-bond donors (Lipinski definition) is 4. The first kappa shape index (κ1) is 29.7. The Bertz CT molecular complexity index is 995. The number of likely N-dealkylation sites (tertiary alicyclic amines) is 1. The van der Waals surface area contributed by atoms with Crippen LogP contribution < -0.4 is 15.4 Å². The SMILES string of the molecule is C#Cc1cc(Cl)c(CNC(=O)[C@@H]2C[C@@H](O)CN2C(O)[C@@H](NC(=O)OC(C)(C)C)C(C)(C)C)c(OC)c1. The molecule has 4 atom stereocenters. The summed E-state index contributed by atoms with van der Waals surface area (Å²) >= 11 is 6.35. The highest BCUT2D eigenvalue weighted by Crippen LogP contribution is 2.31. The first-order valence-electron chi connectivity index (χ1n) is 11.8. The van der Waals surface area contributed by atoms with Crippen molar-refractivity contribution in [1.82, 2.24) is 15.5 Å². The van der Waals surface area contributed by atoms with Gasteiger partial charge in [0.15, 0.2) is 0 Å². The number of aliphatic hydroxyl groups is 2. The number of nitrogens with one attached hydrogen (secondary N) is 2. The van der Waals surface area contributed by atoms with E-state index in [1.165, 1.54) is 12.0 Å². The number of amides is 2. The molecule has 0 bridgehead atoms. The smallest absolute Gasteiger partial charge is 0.408 e. The van der Waals surface area contributed by atoms with Crippen LogP contribution in [0, 0.1) is 17.8 Å². The summed E-state index contributed by atoms with van der Waals surface area (Å²) in [5.74, 6) is 2.53. The van der Waals surface area contributed by atoms with Crippen molar-refractivity contribution in [3.8, 4) is 18.1 Å². The lowest BCUT2D eigenvalue weighted by atomic mass is 9.85. The number of methoxy groups -OCH3 is 1. The molecule has 4 N–H and O–H groups in total. The minimum absolute atomic E-state index is 0.0566. The van der Waals surface area contributed by atoms with Gasteiger partial charge in [-0.15, -0.1) is 6.42 Å². The van der Waals surface area contributed by atoms with Crippen LogP contribution in [-0.2, 0) is 16.1 Å². The first-order chi connectivity index (χ1) is 16.6. The molecule has 1 fully saturated rings. The molecule has 0 aliphatic carbocycles. The van der Waals surface area contributed by atoms with Crippen LogP contribution in [0.5, 0.6) is 5.75 Å². The van der Waals surface area contributed by atoms with E-state index in [1.54, 1.807) is 32.9 Å². The van der Waals surface area contributed by atoms with Gasteiger partial charge in [0.05, 0.1) is 30.3 Å². The van der Waals surface area contributed by atoms with Crippen molar-refractivity contribution in [1.29, 1.82) is 0 Å². The molecule has 1 aliphatic rings. The van der Waals surface area contributed by atoms with Crippen molar-refractivity contribution in [3.63, 3.8) is 0 Å². The molecule has 1 unspecified atom stereocenters. The van der Waals surface area contributed by atoms with Crippen LogP contribution in [0.2, 0.25) is 5.02 Å². The molecule has 1 aromatic carbocycles. The van der Waals surface area contributed by atoms with Crippen molar-refractivity contribution in [2.45, 2.75) is 84.5 Å². The summed E-state index contributed by atoms with van der Waals surface area (Å²) in [4.78, 5) is 27.2. The Morgan fingerprint density at radius 3 is 2.44 bits per heavy atom. The zero-order chi connectivity index (χ0) is 27.4. The molecule has 10 heteroatoms. The molecule has 1 aromatic rings. The summed E-state index contributed by atoms with van der Waals surface area (Å²) in [6, 6.07) is 1.63. The lowest BCUT2D eigenvalue weighted by molar-refractivity contribution is -0.132. The second kappa shape index (κ2) is 11.7. The maximum Gasteiger partial charge on any atom is 0.408 e. The van der Waals surface area contributed by atoms with E-state index in [2.05, 4.69) is 16.6 Å². The summed E-state index contributed by atoms with van der Waals surface area (Å²) in [6.07, 6.45) is 2.79. The predicted octanol–water partition coefficient (Wildman–Crippen LogP) is 2.64. The Morgan fingerprint density at radius 2 is 1.92 bits per heavy atom. The molecule has 200 valence electrons. The first-order valence-corrected chi connectivity index (χ1v) is 12.2. The number of hydrogen-bond acceptors (Lipinski definition) is 7. The second-order valence-electron chi connectivity index (χ2n) is 11.0. The van der Waals surface area contributed by atoms with Crippen molar-refractivity contribution < 1.29 is 29.3 Å². The van der Waals surface area contributed by atoms with E-state index in [-0.39, 0.29) is 19.5 Å². The van der Waals surface area contributed by atoms with Crippen molar-refractivity contribution in [2.24, 2.45) is 5.41 Å². The summed E-state index contributed by atoms with van der Waals surface area (Å²) in [5, 5.41) is 27.6. The second-order valence-corrected chi connectivity index (χ2v) is 11.4. The summed E-state index contributed by atoms with van der Waals surface area (Å²) in [7, 11) is 1.48. The molecular formula is C26H38ClN3O6. The van der Waals surface area contributed by atoms with Gasteiger partial charge in [-0.1, -0.05) is 38.3 Å². The number of carbonyl (C=O) groups is 2. The van der Waals surface area contributed by atoms with Crippen LogP contribution in [0.4, 0.5) is 4.79 Å². The largest absolute Gasteiger partial charge is 0.496 e. The van der Waals surface area contributed by atoms with Crippen LogP contribution in [0.3, 0.4) is 0 Å². The third-order valence-electron chi connectivity index (χ3n) is 5.84. The fourth-order valence-corrected chi connectivity index (χ4v) is 4.37. The zero-order valence-corrected chi connectivity index (χ0v) is 22.8. The van der Waals surface area contributed by atoms with Crippen LogP contribution in [-0.4, -0.2) is 70.8 Å². The number of terminal acetylenes is 1. The number of nitrogens with zero attached hydrogens (tertiary/aromatic N) is 1. The fraction of sp³-hybridized carbons (Fsp3) is 0.615. The molecule has 2 amide bonds. The third kappa shape index (κ3) is 7.74. The topological polar surface area (TPSA) is 120 Å². The molecule has 36 heavy (non-hydrogen) atoms. The van der Waals surface area contributed by atoms with E-state index in [4.69, 9.17) is 27.5 Å². The maximum atomic E-state index is 13.2. The fourth-order valence-electron chi connectivity index (χ4n) is 4.09. The van der Waals surface area contributed by atoms with Gasteiger partial charge in [0.1, 0.15) is 17.6 Å². The number of carbonyl (C=O) groups excluding carboxylic acids is 2. The van der Waals surface area contributed by atoms with E-state index in [0.29, 0.717) is 21.9 Å².